The quantitative estimate of drug-likeness (QED) is 0.535. The number of anilines is 1. The molecule has 1 aliphatic heterocycles. The molecule has 1 heterocycles. The smallest absolute Gasteiger partial charge is 0.0630 e. The van der Waals surface area contributed by atoms with Crippen molar-refractivity contribution in [2.24, 2.45) is 4.99 Å². The molecule has 0 atom stereocenters. The van der Waals surface area contributed by atoms with E-state index in [1.807, 2.05) is 18.3 Å². The lowest BCUT2D eigenvalue weighted by Crippen LogP contribution is -2.17. The molecule has 21 heavy (non-hydrogen) atoms. The van der Waals surface area contributed by atoms with Crippen LogP contribution in [-0.4, -0.2) is 19.3 Å². The highest BCUT2D eigenvalue weighted by molar-refractivity contribution is 14.1. The van der Waals surface area contributed by atoms with Gasteiger partial charge in [-0.3, -0.25) is 4.99 Å². The summed E-state index contributed by atoms with van der Waals surface area (Å²) in [4.78, 5) is 7.03. The van der Waals surface area contributed by atoms with Crippen LogP contribution in [0.5, 0.6) is 0 Å². The summed E-state index contributed by atoms with van der Waals surface area (Å²) >= 11 is 2.31. The topological polar surface area (TPSA) is 15.6 Å². The van der Waals surface area contributed by atoms with Crippen molar-refractivity contribution in [3.63, 3.8) is 0 Å². The molecule has 0 amide bonds. The lowest BCUT2D eigenvalue weighted by molar-refractivity contribution is 0.949. The molecule has 2 nitrogen and oxygen atoms in total. The molecule has 3 rings (SSSR count). The molecular formula is C18H19IN2. The van der Waals surface area contributed by atoms with E-state index in [4.69, 9.17) is 0 Å². The summed E-state index contributed by atoms with van der Waals surface area (Å²) in [5, 5.41) is 0. The number of aryl methyl sites for hydroxylation is 1. The van der Waals surface area contributed by atoms with Crippen LogP contribution in [0.2, 0.25) is 0 Å². The lowest BCUT2D eigenvalue weighted by atomic mass is 10.1. The number of hydrogen-bond acceptors (Lipinski definition) is 2. The van der Waals surface area contributed by atoms with Crippen LogP contribution in [0.4, 0.5) is 11.4 Å². The van der Waals surface area contributed by atoms with E-state index < -0.39 is 0 Å². The number of benzene rings is 2. The third-order valence-corrected chi connectivity index (χ3v) is 4.62. The Balaban J connectivity index is 1.77. The van der Waals surface area contributed by atoms with Gasteiger partial charge < -0.3 is 4.90 Å². The average Bonchev–Trinajstić information content (AvgIpc) is 3.02. The van der Waals surface area contributed by atoms with Crippen molar-refractivity contribution in [3.05, 3.63) is 57.2 Å². The van der Waals surface area contributed by atoms with Gasteiger partial charge in [0.25, 0.3) is 0 Å². The molecular weight excluding hydrogens is 371 g/mol. The molecule has 0 aromatic heterocycles. The van der Waals surface area contributed by atoms with Gasteiger partial charge in [-0.15, -0.1) is 0 Å². The minimum Gasteiger partial charge on any atom is -0.372 e. The zero-order valence-corrected chi connectivity index (χ0v) is 14.4. The number of hydrogen-bond donors (Lipinski definition) is 0. The Hall–Kier alpha value is -1.36. The van der Waals surface area contributed by atoms with Crippen molar-refractivity contribution < 1.29 is 0 Å². The molecule has 0 bridgehead atoms. The number of rotatable bonds is 3. The number of halogens is 1. The molecule has 0 spiro atoms. The van der Waals surface area contributed by atoms with Crippen molar-refractivity contribution in [1.29, 1.82) is 0 Å². The molecule has 0 radical (unpaired) electrons. The van der Waals surface area contributed by atoms with Crippen molar-refractivity contribution in [1.82, 2.24) is 0 Å². The summed E-state index contributed by atoms with van der Waals surface area (Å²) in [6, 6.07) is 14.9. The molecule has 3 heteroatoms. The lowest BCUT2D eigenvalue weighted by Gasteiger charge is -2.18. The summed E-state index contributed by atoms with van der Waals surface area (Å²) in [7, 11) is 0. The van der Waals surface area contributed by atoms with E-state index in [-0.39, 0.29) is 0 Å². The highest BCUT2D eigenvalue weighted by Gasteiger charge is 2.12. The van der Waals surface area contributed by atoms with Gasteiger partial charge in [-0.1, -0.05) is 6.07 Å². The monoisotopic (exact) mass is 390 g/mol. The van der Waals surface area contributed by atoms with E-state index >= 15 is 0 Å². The van der Waals surface area contributed by atoms with Crippen LogP contribution in [-0.2, 0) is 0 Å². The molecule has 0 aliphatic carbocycles. The Morgan fingerprint density at radius 2 is 1.76 bits per heavy atom. The van der Waals surface area contributed by atoms with Gasteiger partial charge in [-0.25, -0.2) is 0 Å². The maximum Gasteiger partial charge on any atom is 0.0630 e. The molecule has 1 aliphatic rings. The standard InChI is InChI=1S/C18H19IN2/c1-14-12-18(21-10-2-3-11-21)9-4-15(14)13-20-17-7-5-16(19)6-8-17/h4-9,12-13H,2-3,10-11H2,1H3. The van der Waals surface area contributed by atoms with Gasteiger partial charge in [0.05, 0.1) is 5.69 Å². The highest BCUT2D eigenvalue weighted by atomic mass is 127. The van der Waals surface area contributed by atoms with Gasteiger partial charge in [0, 0.05) is 28.6 Å². The molecule has 0 saturated carbocycles. The van der Waals surface area contributed by atoms with Crippen LogP contribution in [0.1, 0.15) is 24.0 Å². The second-order valence-electron chi connectivity index (χ2n) is 5.47. The number of nitrogens with zero attached hydrogens (tertiary/aromatic N) is 2. The van der Waals surface area contributed by atoms with E-state index in [2.05, 4.69) is 69.7 Å². The van der Waals surface area contributed by atoms with E-state index in [9.17, 15) is 0 Å². The van der Waals surface area contributed by atoms with Gasteiger partial charge in [0.1, 0.15) is 0 Å². The number of aliphatic imine (C=N–C) groups is 1. The fourth-order valence-electron chi connectivity index (χ4n) is 2.65. The third-order valence-electron chi connectivity index (χ3n) is 3.90. The normalized spacial score (nSPS) is 15.0. The van der Waals surface area contributed by atoms with Gasteiger partial charge in [-0.2, -0.15) is 0 Å². The predicted molar refractivity (Wildman–Crippen MR) is 99.0 cm³/mol. The van der Waals surface area contributed by atoms with E-state index in [0.717, 1.165) is 5.69 Å². The minimum atomic E-state index is 0.999. The Labute approximate surface area is 140 Å². The first-order chi connectivity index (χ1) is 10.2. The van der Waals surface area contributed by atoms with E-state index in [1.54, 1.807) is 0 Å². The van der Waals surface area contributed by atoms with Gasteiger partial charge >= 0.3 is 0 Å². The zero-order chi connectivity index (χ0) is 14.7. The van der Waals surface area contributed by atoms with Crippen molar-refractivity contribution in [2.75, 3.05) is 18.0 Å². The predicted octanol–water partition coefficient (Wildman–Crippen LogP) is 4.95. The van der Waals surface area contributed by atoms with Crippen LogP contribution in [0, 0.1) is 10.5 Å². The average molecular weight is 390 g/mol. The Morgan fingerprint density at radius 3 is 2.43 bits per heavy atom. The molecule has 108 valence electrons. The maximum atomic E-state index is 4.56. The second kappa shape index (κ2) is 6.60. The van der Waals surface area contributed by atoms with Crippen molar-refractivity contribution >= 4 is 40.2 Å². The molecule has 0 unspecified atom stereocenters. The molecule has 2 aromatic carbocycles. The SMILES string of the molecule is Cc1cc(N2CCCC2)ccc1C=Nc1ccc(I)cc1. The largest absolute Gasteiger partial charge is 0.372 e. The van der Waals surface area contributed by atoms with E-state index in [1.165, 1.54) is 46.3 Å². The summed E-state index contributed by atoms with van der Waals surface area (Å²) in [6.07, 6.45) is 4.59. The summed E-state index contributed by atoms with van der Waals surface area (Å²) in [5.74, 6) is 0. The van der Waals surface area contributed by atoms with Crippen molar-refractivity contribution in [2.45, 2.75) is 19.8 Å². The van der Waals surface area contributed by atoms with Gasteiger partial charge in [-0.05, 0) is 89.9 Å². The van der Waals surface area contributed by atoms with Crippen LogP contribution in [0.3, 0.4) is 0 Å². The third kappa shape index (κ3) is 3.64. The van der Waals surface area contributed by atoms with Gasteiger partial charge in [0.15, 0.2) is 0 Å². The van der Waals surface area contributed by atoms with Crippen LogP contribution in [0.15, 0.2) is 47.5 Å². The highest BCUT2D eigenvalue weighted by Crippen LogP contribution is 2.23. The summed E-state index contributed by atoms with van der Waals surface area (Å²) < 4.78 is 1.23. The van der Waals surface area contributed by atoms with Crippen LogP contribution < -0.4 is 4.90 Å². The van der Waals surface area contributed by atoms with Crippen molar-refractivity contribution in [3.8, 4) is 0 Å². The molecule has 0 N–H and O–H groups in total. The molecule has 1 saturated heterocycles. The summed E-state index contributed by atoms with van der Waals surface area (Å²) in [5.41, 5.74) is 4.82. The van der Waals surface area contributed by atoms with E-state index in [0.29, 0.717) is 0 Å². The molecule has 1 fully saturated rings. The van der Waals surface area contributed by atoms with Crippen LogP contribution in [0.25, 0.3) is 0 Å². The van der Waals surface area contributed by atoms with Crippen LogP contribution >= 0.6 is 22.6 Å². The van der Waals surface area contributed by atoms with Gasteiger partial charge in [0.2, 0.25) is 0 Å². The minimum absolute atomic E-state index is 0.999. The Kier molecular flexibility index (Phi) is 4.58. The Bertz CT molecular complexity index is 641. The zero-order valence-electron chi connectivity index (χ0n) is 12.2. The maximum absolute atomic E-state index is 4.56. The Morgan fingerprint density at radius 1 is 1.05 bits per heavy atom. The summed E-state index contributed by atoms with van der Waals surface area (Å²) in [6.45, 7) is 4.54. The second-order valence-corrected chi connectivity index (χ2v) is 6.72. The first-order valence-electron chi connectivity index (χ1n) is 7.37. The first-order valence-corrected chi connectivity index (χ1v) is 8.45. The first kappa shape index (κ1) is 14.6. The fraction of sp³-hybridized carbons (Fsp3) is 0.278. The fourth-order valence-corrected chi connectivity index (χ4v) is 3.01. The molecule has 2 aromatic rings.